The average Bonchev–Trinajstić information content (AvgIpc) is 2.43. The molecule has 0 aliphatic carbocycles. The summed E-state index contributed by atoms with van der Waals surface area (Å²) in [4.78, 5) is 2.14. The zero-order valence-electron chi connectivity index (χ0n) is 10.7. The summed E-state index contributed by atoms with van der Waals surface area (Å²) >= 11 is 3.33. The molecule has 1 fully saturated rings. The first-order valence-electron chi connectivity index (χ1n) is 6.53. The number of likely N-dealkylation sites (tertiary alicyclic amines) is 1. The molecule has 0 unspecified atom stereocenters. The maximum Gasteiger partial charge on any atom is 0.163 e. The van der Waals surface area contributed by atoms with Crippen LogP contribution in [-0.2, 0) is 11.3 Å². The number of hydrogen-bond donors (Lipinski definition) is 0. The van der Waals surface area contributed by atoms with Crippen molar-refractivity contribution < 1.29 is 13.5 Å². The molecule has 1 aromatic rings. The molecule has 19 heavy (non-hydrogen) atoms. The summed E-state index contributed by atoms with van der Waals surface area (Å²) in [6, 6.07) is 4.35. The summed E-state index contributed by atoms with van der Waals surface area (Å²) in [7, 11) is 0. The van der Waals surface area contributed by atoms with Crippen LogP contribution in [-0.4, -0.2) is 36.0 Å². The average molecular weight is 334 g/mol. The van der Waals surface area contributed by atoms with Crippen LogP contribution in [0.5, 0.6) is 0 Å². The van der Waals surface area contributed by atoms with E-state index in [4.69, 9.17) is 4.74 Å². The Morgan fingerprint density at radius 3 is 2.68 bits per heavy atom. The van der Waals surface area contributed by atoms with E-state index < -0.39 is 11.6 Å². The van der Waals surface area contributed by atoms with Crippen molar-refractivity contribution >= 4 is 15.9 Å². The standard InChI is InChI=1S/C14H18BrF2NO/c15-6-9-19-12-4-7-18(8-5-12)10-11-2-1-3-13(16)14(11)17/h1-3,12H,4-10H2. The maximum atomic E-state index is 13.6. The number of benzene rings is 1. The molecule has 1 saturated heterocycles. The monoisotopic (exact) mass is 333 g/mol. The molecular weight excluding hydrogens is 316 g/mol. The van der Waals surface area contributed by atoms with Crippen LogP contribution in [0, 0.1) is 11.6 Å². The first-order valence-corrected chi connectivity index (χ1v) is 7.65. The first-order chi connectivity index (χ1) is 9.20. The topological polar surface area (TPSA) is 12.5 Å². The fraction of sp³-hybridized carbons (Fsp3) is 0.571. The Morgan fingerprint density at radius 1 is 1.26 bits per heavy atom. The summed E-state index contributed by atoms with van der Waals surface area (Å²) in [5, 5.41) is 0.849. The molecule has 0 radical (unpaired) electrons. The van der Waals surface area contributed by atoms with E-state index in [1.807, 2.05) is 0 Å². The number of alkyl halides is 1. The first kappa shape index (κ1) is 14.9. The van der Waals surface area contributed by atoms with Gasteiger partial charge in [0.25, 0.3) is 0 Å². The molecule has 1 aliphatic heterocycles. The van der Waals surface area contributed by atoms with Crippen LogP contribution in [0.2, 0.25) is 0 Å². The molecule has 2 nitrogen and oxygen atoms in total. The molecular formula is C14H18BrF2NO. The van der Waals surface area contributed by atoms with Crippen LogP contribution >= 0.6 is 15.9 Å². The van der Waals surface area contributed by atoms with Gasteiger partial charge in [-0.1, -0.05) is 28.1 Å². The van der Waals surface area contributed by atoms with Crippen molar-refractivity contribution in [3.63, 3.8) is 0 Å². The molecule has 5 heteroatoms. The van der Waals surface area contributed by atoms with Crippen LogP contribution < -0.4 is 0 Å². The van der Waals surface area contributed by atoms with Gasteiger partial charge in [0.2, 0.25) is 0 Å². The van der Waals surface area contributed by atoms with Gasteiger partial charge in [0.15, 0.2) is 11.6 Å². The number of rotatable bonds is 5. The molecule has 1 heterocycles. The SMILES string of the molecule is Fc1cccc(CN2CCC(OCCBr)CC2)c1F. The molecule has 0 saturated carbocycles. The van der Waals surface area contributed by atoms with Gasteiger partial charge < -0.3 is 4.74 Å². The smallest absolute Gasteiger partial charge is 0.163 e. The summed E-state index contributed by atoms with van der Waals surface area (Å²) in [5.41, 5.74) is 0.430. The third-order valence-electron chi connectivity index (χ3n) is 3.39. The zero-order valence-corrected chi connectivity index (χ0v) is 12.3. The van der Waals surface area contributed by atoms with Crippen LogP contribution in [0.4, 0.5) is 8.78 Å². The predicted molar refractivity (Wildman–Crippen MR) is 74.4 cm³/mol. The van der Waals surface area contributed by atoms with Crippen molar-refractivity contribution in [1.29, 1.82) is 0 Å². The van der Waals surface area contributed by atoms with Gasteiger partial charge in [-0.3, -0.25) is 4.90 Å². The molecule has 0 atom stereocenters. The number of nitrogens with zero attached hydrogens (tertiary/aromatic N) is 1. The number of hydrogen-bond acceptors (Lipinski definition) is 2. The lowest BCUT2D eigenvalue weighted by Gasteiger charge is -2.31. The summed E-state index contributed by atoms with van der Waals surface area (Å²) in [6.45, 7) is 2.92. The number of piperidine rings is 1. The molecule has 2 rings (SSSR count). The summed E-state index contributed by atoms with van der Waals surface area (Å²) < 4.78 is 32.4. The predicted octanol–water partition coefficient (Wildman–Crippen LogP) is 3.34. The van der Waals surface area contributed by atoms with Gasteiger partial charge in [0, 0.05) is 30.5 Å². The van der Waals surface area contributed by atoms with Gasteiger partial charge in [0.05, 0.1) is 12.7 Å². The van der Waals surface area contributed by atoms with E-state index in [0.717, 1.165) is 43.9 Å². The normalized spacial score (nSPS) is 17.8. The van der Waals surface area contributed by atoms with E-state index in [1.54, 1.807) is 12.1 Å². The van der Waals surface area contributed by atoms with Crippen molar-refractivity contribution in [1.82, 2.24) is 4.90 Å². The molecule has 0 N–H and O–H groups in total. The molecule has 0 spiro atoms. The second kappa shape index (κ2) is 7.31. The highest BCUT2D eigenvalue weighted by Crippen LogP contribution is 2.18. The fourth-order valence-corrected chi connectivity index (χ4v) is 2.54. The lowest BCUT2D eigenvalue weighted by Crippen LogP contribution is -2.37. The van der Waals surface area contributed by atoms with Crippen LogP contribution in [0.3, 0.4) is 0 Å². The third-order valence-corrected chi connectivity index (χ3v) is 3.71. The van der Waals surface area contributed by atoms with Crippen LogP contribution in [0.25, 0.3) is 0 Å². The van der Waals surface area contributed by atoms with E-state index in [2.05, 4.69) is 20.8 Å². The Morgan fingerprint density at radius 2 is 2.00 bits per heavy atom. The Balaban J connectivity index is 1.84. The number of halogens is 3. The highest BCUT2D eigenvalue weighted by Gasteiger charge is 2.20. The van der Waals surface area contributed by atoms with E-state index in [1.165, 1.54) is 0 Å². The van der Waals surface area contributed by atoms with Gasteiger partial charge in [-0.15, -0.1) is 0 Å². The highest BCUT2D eigenvalue weighted by atomic mass is 79.9. The molecule has 0 bridgehead atoms. The van der Waals surface area contributed by atoms with E-state index in [9.17, 15) is 8.78 Å². The minimum absolute atomic E-state index is 0.297. The van der Waals surface area contributed by atoms with Gasteiger partial charge in [0.1, 0.15) is 0 Å². The maximum absolute atomic E-state index is 13.6. The quantitative estimate of drug-likeness (QED) is 0.766. The van der Waals surface area contributed by atoms with Crippen molar-refractivity contribution in [2.75, 3.05) is 25.0 Å². The van der Waals surface area contributed by atoms with E-state index in [0.29, 0.717) is 18.2 Å². The van der Waals surface area contributed by atoms with Gasteiger partial charge >= 0.3 is 0 Å². The van der Waals surface area contributed by atoms with Crippen LogP contribution in [0.1, 0.15) is 18.4 Å². The molecule has 0 aromatic heterocycles. The Hall–Kier alpha value is -0.520. The van der Waals surface area contributed by atoms with Crippen LogP contribution in [0.15, 0.2) is 18.2 Å². The summed E-state index contributed by atoms with van der Waals surface area (Å²) in [6.07, 6.45) is 2.19. The van der Waals surface area contributed by atoms with Gasteiger partial charge in [-0.2, -0.15) is 0 Å². The third kappa shape index (κ3) is 4.23. The molecule has 1 aliphatic rings. The minimum atomic E-state index is -0.770. The molecule has 1 aromatic carbocycles. The van der Waals surface area contributed by atoms with Gasteiger partial charge in [-0.25, -0.2) is 8.78 Å². The lowest BCUT2D eigenvalue weighted by molar-refractivity contribution is 0.0139. The minimum Gasteiger partial charge on any atom is -0.377 e. The Kier molecular flexibility index (Phi) is 5.73. The number of ether oxygens (including phenoxy) is 1. The Bertz CT molecular complexity index is 408. The van der Waals surface area contributed by atoms with Gasteiger partial charge in [-0.05, 0) is 18.9 Å². The Labute approximate surface area is 120 Å². The fourth-order valence-electron chi connectivity index (χ4n) is 2.36. The second-order valence-corrected chi connectivity index (χ2v) is 5.54. The lowest BCUT2D eigenvalue weighted by atomic mass is 10.1. The molecule has 106 valence electrons. The van der Waals surface area contributed by atoms with Crippen molar-refractivity contribution in [2.45, 2.75) is 25.5 Å². The zero-order chi connectivity index (χ0) is 13.7. The van der Waals surface area contributed by atoms with Crippen molar-refractivity contribution in [2.24, 2.45) is 0 Å². The van der Waals surface area contributed by atoms with Crippen molar-refractivity contribution in [3.8, 4) is 0 Å². The van der Waals surface area contributed by atoms with Crippen molar-refractivity contribution in [3.05, 3.63) is 35.4 Å². The largest absolute Gasteiger partial charge is 0.377 e. The molecule has 0 amide bonds. The van der Waals surface area contributed by atoms with E-state index >= 15 is 0 Å². The summed E-state index contributed by atoms with van der Waals surface area (Å²) in [5.74, 6) is -1.49. The highest BCUT2D eigenvalue weighted by molar-refractivity contribution is 9.09. The van der Waals surface area contributed by atoms with E-state index in [-0.39, 0.29) is 0 Å². The second-order valence-electron chi connectivity index (χ2n) is 4.75.